The molecule has 2 aromatic rings. The summed E-state index contributed by atoms with van der Waals surface area (Å²) in [5.74, 6) is -0.423. The highest BCUT2D eigenvalue weighted by molar-refractivity contribution is 9.10. The fourth-order valence-corrected chi connectivity index (χ4v) is 3.18. The SMILES string of the molecule is Cc1cc(-n2nc(C(=O)O)c3c2CCC(C)C3)ccc1Br. The molecule has 0 saturated carbocycles. The Morgan fingerprint density at radius 2 is 2.24 bits per heavy atom. The summed E-state index contributed by atoms with van der Waals surface area (Å²) in [6, 6.07) is 5.97. The third-order valence-electron chi connectivity index (χ3n) is 4.11. The van der Waals surface area contributed by atoms with Crippen molar-refractivity contribution >= 4 is 21.9 Å². The first-order chi connectivity index (χ1) is 9.97. The quantitative estimate of drug-likeness (QED) is 0.898. The summed E-state index contributed by atoms with van der Waals surface area (Å²) >= 11 is 3.49. The van der Waals surface area contributed by atoms with Gasteiger partial charge in [-0.05, 0) is 55.9 Å². The summed E-state index contributed by atoms with van der Waals surface area (Å²) in [5, 5.41) is 13.8. The van der Waals surface area contributed by atoms with Crippen LogP contribution in [0.5, 0.6) is 0 Å². The third kappa shape index (κ3) is 2.50. The Kier molecular flexibility index (Phi) is 3.61. The van der Waals surface area contributed by atoms with Crippen molar-refractivity contribution in [1.82, 2.24) is 9.78 Å². The number of carboxylic acid groups (broad SMARTS) is 1. The fraction of sp³-hybridized carbons (Fsp3) is 0.375. The highest BCUT2D eigenvalue weighted by Gasteiger charge is 2.27. The average molecular weight is 349 g/mol. The van der Waals surface area contributed by atoms with Gasteiger partial charge in [0, 0.05) is 15.7 Å². The van der Waals surface area contributed by atoms with Crippen LogP contribution in [0.1, 0.15) is 40.7 Å². The molecular formula is C16H17BrN2O2. The molecule has 1 unspecified atom stereocenters. The Morgan fingerprint density at radius 1 is 1.48 bits per heavy atom. The van der Waals surface area contributed by atoms with E-state index in [9.17, 15) is 9.90 Å². The normalized spacial score (nSPS) is 17.6. The fourth-order valence-electron chi connectivity index (χ4n) is 2.94. The van der Waals surface area contributed by atoms with Crippen LogP contribution >= 0.6 is 15.9 Å². The highest BCUT2D eigenvalue weighted by Crippen LogP contribution is 2.30. The number of halogens is 1. The van der Waals surface area contributed by atoms with Gasteiger partial charge in [0.05, 0.1) is 5.69 Å². The predicted molar refractivity (Wildman–Crippen MR) is 84.1 cm³/mol. The van der Waals surface area contributed by atoms with E-state index in [1.54, 1.807) is 0 Å². The number of aromatic carboxylic acids is 1. The van der Waals surface area contributed by atoms with Crippen molar-refractivity contribution in [3.63, 3.8) is 0 Å². The molecule has 0 fully saturated rings. The molecule has 1 aromatic heterocycles. The lowest BCUT2D eigenvalue weighted by molar-refractivity contribution is 0.0688. The number of carboxylic acids is 1. The van der Waals surface area contributed by atoms with Gasteiger partial charge in [-0.25, -0.2) is 9.48 Å². The minimum absolute atomic E-state index is 0.206. The van der Waals surface area contributed by atoms with Gasteiger partial charge >= 0.3 is 5.97 Å². The van der Waals surface area contributed by atoms with Gasteiger partial charge in [0.1, 0.15) is 0 Å². The Balaban J connectivity index is 2.17. The van der Waals surface area contributed by atoms with Crippen LogP contribution in [-0.4, -0.2) is 20.9 Å². The molecular weight excluding hydrogens is 332 g/mol. The Hall–Kier alpha value is -1.62. The lowest BCUT2D eigenvalue weighted by atomic mass is 9.87. The van der Waals surface area contributed by atoms with Crippen LogP contribution in [0, 0.1) is 12.8 Å². The van der Waals surface area contributed by atoms with E-state index in [4.69, 9.17) is 0 Å². The monoisotopic (exact) mass is 348 g/mol. The molecule has 21 heavy (non-hydrogen) atoms. The maximum atomic E-state index is 11.5. The highest BCUT2D eigenvalue weighted by atomic mass is 79.9. The molecule has 5 heteroatoms. The van der Waals surface area contributed by atoms with Gasteiger partial charge in [0.15, 0.2) is 5.69 Å². The molecule has 4 nitrogen and oxygen atoms in total. The van der Waals surface area contributed by atoms with Crippen LogP contribution in [0.25, 0.3) is 5.69 Å². The van der Waals surface area contributed by atoms with E-state index in [-0.39, 0.29) is 5.69 Å². The molecule has 1 aromatic carbocycles. The maximum Gasteiger partial charge on any atom is 0.356 e. The lowest BCUT2D eigenvalue weighted by Gasteiger charge is -2.19. The van der Waals surface area contributed by atoms with Crippen LogP contribution in [0.15, 0.2) is 22.7 Å². The molecule has 1 N–H and O–H groups in total. The molecule has 3 rings (SSSR count). The van der Waals surface area contributed by atoms with Crippen LogP contribution in [0.4, 0.5) is 0 Å². The van der Waals surface area contributed by atoms with Crippen molar-refractivity contribution in [1.29, 1.82) is 0 Å². The summed E-state index contributed by atoms with van der Waals surface area (Å²) in [6.07, 6.45) is 2.76. The number of aromatic nitrogens is 2. The van der Waals surface area contributed by atoms with E-state index in [1.807, 2.05) is 29.8 Å². The van der Waals surface area contributed by atoms with Gasteiger partial charge in [-0.15, -0.1) is 0 Å². The van der Waals surface area contributed by atoms with Crippen molar-refractivity contribution in [2.45, 2.75) is 33.1 Å². The van der Waals surface area contributed by atoms with Crippen molar-refractivity contribution in [2.24, 2.45) is 5.92 Å². The first-order valence-electron chi connectivity index (χ1n) is 7.08. The zero-order chi connectivity index (χ0) is 15.1. The molecule has 0 spiro atoms. The summed E-state index contributed by atoms with van der Waals surface area (Å²) in [6.45, 7) is 4.18. The average Bonchev–Trinajstić information content (AvgIpc) is 2.80. The minimum Gasteiger partial charge on any atom is -0.476 e. The summed E-state index contributed by atoms with van der Waals surface area (Å²) in [7, 11) is 0. The Labute approximate surface area is 131 Å². The first-order valence-corrected chi connectivity index (χ1v) is 7.87. The van der Waals surface area contributed by atoms with Crippen molar-refractivity contribution < 1.29 is 9.90 Å². The maximum absolute atomic E-state index is 11.5. The number of rotatable bonds is 2. The van der Waals surface area contributed by atoms with Gasteiger partial charge in [0.2, 0.25) is 0 Å². The van der Waals surface area contributed by atoms with Gasteiger partial charge < -0.3 is 5.11 Å². The number of carbonyl (C=O) groups is 1. The number of nitrogens with zero attached hydrogens (tertiary/aromatic N) is 2. The Morgan fingerprint density at radius 3 is 2.90 bits per heavy atom. The molecule has 0 bridgehead atoms. The van der Waals surface area contributed by atoms with Gasteiger partial charge in [-0.2, -0.15) is 5.10 Å². The number of hydrogen-bond acceptors (Lipinski definition) is 2. The van der Waals surface area contributed by atoms with E-state index in [2.05, 4.69) is 28.0 Å². The topological polar surface area (TPSA) is 55.1 Å². The first kappa shape index (κ1) is 14.3. The van der Waals surface area contributed by atoms with E-state index >= 15 is 0 Å². The molecule has 1 aliphatic carbocycles. The molecule has 0 amide bonds. The molecule has 0 radical (unpaired) electrons. The molecule has 1 atom stereocenters. The standard InChI is InChI=1S/C16H17BrN2O2/c1-9-3-6-14-12(7-9)15(16(20)21)18-19(14)11-4-5-13(17)10(2)8-11/h4-5,8-9H,3,6-7H2,1-2H3,(H,20,21). The van der Waals surface area contributed by atoms with Crippen LogP contribution in [-0.2, 0) is 12.8 Å². The van der Waals surface area contributed by atoms with Crippen molar-refractivity contribution in [3.05, 3.63) is 45.2 Å². The molecule has 0 aliphatic heterocycles. The second-order valence-corrected chi connectivity index (χ2v) is 6.63. The number of fused-ring (bicyclic) bond motifs is 1. The molecule has 0 saturated heterocycles. The van der Waals surface area contributed by atoms with Gasteiger partial charge in [0.25, 0.3) is 0 Å². The van der Waals surface area contributed by atoms with Crippen LogP contribution in [0.3, 0.4) is 0 Å². The van der Waals surface area contributed by atoms with E-state index in [0.29, 0.717) is 5.92 Å². The van der Waals surface area contributed by atoms with Crippen molar-refractivity contribution in [2.75, 3.05) is 0 Å². The summed E-state index contributed by atoms with van der Waals surface area (Å²) in [4.78, 5) is 11.5. The largest absolute Gasteiger partial charge is 0.476 e. The molecule has 110 valence electrons. The smallest absolute Gasteiger partial charge is 0.356 e. The summed E-state index contributed by atoms with van der Waals surface area (Å²) < 4.78 is 2.85. The van der Waals surface area contributed by atoms with Gasteiger partial charge in [-0.1, -0.05) is 22.9 Å². The predicted octanol–water partition coefficient (Wildman–Crippen LogP) is 3.77. The van der Waals surface area contributed by atoms with Crippen molar-refractivity contribution in [3.8, 4) is 5.69 Å². The second kappa shape index (κ2) is 5.30. The molecule has 1 heterocycles. The second-order valence-electron chi connectivity index (χ2n) is 5.77. The number of benzene rings is 1. The van der Waals surface area contributed by atoms with E-state index in [0.717, 1.165) is 46.2 Å². The zero-order valence-electron chi connectivity index (χ0n) is 12.1. The molecule has 1 aliphatic rings. The third-order valence-corrected chi connectivity index (χ3v) is 4.99. The summed E-state index contributed by atoms with van der Waals surface area (Å²) in [5.41, 5.74) is 4.19. The lowest BCUT2D eigenvalue weighted by Crippen LogP contribution is -2.14. The van der Waals surface area contributed by atoms with Crippen LogP contribution in [0.2, 0.25) is 0 Å². The van der Waals surface area contributed by atoms with E-state index < -0.39 is 5.97 Å². The Bertz CT molecular complexity index is 721. The van der Waals surface area contributed by atoms with Gasteiger partial charge in [-0.3, -0.25) is 0 Å². The minimum atomic E-state index is -0.937. The van der Waals surface area contributed by atoms with E-state index in [1.165, 1.54) is 0 Å². The number of aryl methyl sites for hydroxylation is 1. The van der Waals surface area contributed by atoms with Crippen LogP contribution < -0.4 is 0 Å². The zero-order valence-corrected chi connectivity index (χ0v) is 13.6. The number of hydrogen-bond donors (Lipinski definition) is 1.